The predicted octanol–water partition coefficient (Wildman–Crippen LogP) is 3.38. The minimum atomic E-state index is -0.334. The molecule has 2 aromatic carbocycles. The molecule has 4 aromatic rings. The van der Waals surface area contributed by atoms with Crippen molar-refractivity contribution >= 4 is 5.69 Å². The number of rotatable bonds is 3. The van der Waals surface area contributed by atoms with Gasteiger partial charge in [0, 0.05) is 43.0 Å². The van der Waals surface area contributed by atoms with Crippen LogP contribution in [0.2, 0.25) is 0 Å². The van der Waals surface area contributed by atoms with E-state index in [4.69, 9.17) is 5.26 Å². The number of fused-ring (bicyclic) bond motifs is 5. The molecule has 36 heavy (non-hydrogen) atoms. The second-order valence-electron chi connectivity index (χ2n) is 10.2. The van der Waals surface area contributed by atoms with Gasteiger partial charge in [-0.1, -0.05) is 19.1 Å². The van der Waals surface area contributed by atoms with E-state index in [1.165, 1.54) is 5.56 Å². The molecule has 2 aromatic heterocycles. The summed E-state index contributed by atoms with van der Waals surface area (Å²) in [7, 11) is 4.07. The second kappa shape index (κ2) is 8.63. The lowest BCUT2D eigenvalue weighted by Crippen LogP contribution is -2.57. The zero-order valence-corrected chi connectivity index (χ0v) is 20.7. The number of anilines is 1. The van der Waals surface area contributed by atoms with Crippen LogP contribution in [0.25, 0.3) is 28.3 Å². The smallest absolute Gasteiger partial charge is 0.185 e. The van der Waals surface area contributed by atoms with Gasteiger partial charge in [0.25, 0.3) is 0 Å². The lowest BCUT2D eigenvalue weighted by molar-refractivity contribution is 0.0242. The number of nitrogens with zero attached hydrogens (tertiary/aromatic N) is 7. The Kier molecular flexibility index (Phi) is 5.40. The number of likely N-dealkylation sites (N-methyl/N-ethyl adjacent to an activating group) is 1. The van der Waals surface area contributed by atoms with Crippen LogP contribution in [0.3, 0.4) is 0 Å². The molecule has 6 rings (SSSR count). The van der Waals surface area contributed by atoms with Crippen molar-refractivity contribution in [2.45, 2.75) is 25.6 Å². The minimum absolute atomic E-state index is 0.0862. The molecule has 182 valence electrons. The summed E-state index contributed by atoms with van der Waals surface area (Å²) >= 11 is 0. The third-order valence-electron chi connectivity index (χ3n) is 7.61. The van der Waals surface area contributed by atoms with Crippen molar-refractivity contribution in [3.05, 3.63) is 72.2 Å². The minimum Gasteiger partial charge on any atom is -0.391 e. The standard InChI is InChI=1S/C28H29N7O/c1-18-13-33(16-26(27(18)36)32(2)3)23-8-9-24-22(10-23)15-34-14-21(20-6-4-19(12-29)5-7-20)11-25(34)28-31-30-17-35(24)28/h4-11,14,17-18,26-27,36H,13,15-16H2,1-3H3/t18?,26?,27-/m0/s1. The van der Waals surface area contributed by atoms with Crippen LogP contribution in [0.1, 0.15) is 18.1 Å². The molecule has 8 nitrogen and oxygen atoms in total. The fourth-order valence-electron chi connectivity index (χ4n) is 5.55. The van der Waals surface area contributed by atoms with E-state index < -0.39 is 0 Å². The molecule has 4 heterocycles. The van der Waals surface area contributed by atoms with E-state index in [9.17, 15) is 5.11 Å². The fraction of sp³-hybridized carbons (Fsp3) is 0.321. The number of aromatic nitrogens is 4. The summed E-state index contributed by atoms with van der Waals surface area (Å²) in [5, 5.41) is 28.5. The summed E-state index contributed by atoms with van der Waals surface area (Å²) in [4.78, 5) is 4.51. The second-order valence-corrected chi connectivity index (χ2v) is 10.2. The normalized spacial score (nSPS) is 20.9. The van der Waals surface area contributed by atoms with Gasteiger partial charge in [0.05, 0.1) is 35.2 Å². The molecular weight excluding hydrogens is 450 g/mol. The molecule has 1 fully saturated rings. The molecule has 0 radical (unpaired) electrons. The topological polar surface area (TPSA) is 86.1 Å². The Morgan fingerprint density at radius 3 is 2.61 bits per heavy atom. The van der Waals surface area contributed by atoms with E-state index in [-0.39, 0.29) is 18.1 Å². The van der Waals surface area contributed by atoms with E-state index in [2.05, 4.69) is 72.6 Å². The molecule has 0 spiro atoms. The molecule has 0 saturated carbocycles. The molecule has 0 aliphatic carbocycles. The van der Waals surface area contributed by atoms with Crippen LogP contribution in [-0.4, -0.2) is 68.7 Å². The molecule has 1 N–H and O–H groups in total. The van der Waals surface area contributed by atoms with E-state index >= 15 is 0 Å². The van der Waals surface area contributed by atoms with Gasteiger partial charge >= 0.3 is 0 Å². The lowest BCUT2D eigenvalue weighted by Gasteiger charge is -2.44. The van der Waals surface area contributed by atoms with E-state index in [1.807, 2.05) is 38.4 Å². The summed E-state index contributed by atoms with van der Waals surface area (Å²) < 4.78 is 4.29. The van der Waals surface area contributed by atoms with Gasteiger partial charge in [0.1, 0.15) is 6.33 Å². The van der Waals surface area contributed by atoms with Crippen molar-refractivity contribution in [1.29, 1.82) is 5.26 Å². The van der Waals surface area contributed by atoms with Crippen LogP contribution < -0.4 is 4.90 Å². The Labute approximate surface area is 210 Å². The average Bonchev–Trinajstić information content (AvgIpc) is 3.50. The first-order valence-corrected chi connectivity index (χ1v) is 12.3. The van der Waals surface area contributed by atoms with Crippen LogP contribution in [0.15, 0.2) is 61.1 Å². The summed E-state index contributed by atoms with van der Waals surface area (Å²) in [6.45, 7) is 4.44. The highest BCUT2D eigenvalue weighted by molar-refractivity contribution is 5.72. The van der Waals surface area contributed by atoms with Gasteiger partial charge in [-0.25, -0.2) is 0 Å². The molecular formula is C28H29N7O. The molecule has 3 atom stereocenters. The van der Waals surface area contributed by atoms with Crippen LogP contribution in [0.4, 0.5) is 5.69 Å². The fourth-order valence-corrected chi connectivity index (χ4v) is 5.55. The van der Waals surface area contributed by atoms with Gasteiger partial charge in [-0.2, -0.15) is 5.26 Å². The van der Waals surface area contributed by atoms with E-state index in [0.717, 1.165) is 47.1 Å². The zero-order chi connectivity index (χ0) is 25.0. The summed E-state index contributed by atoms with van der Waals surface area (Å²) in [5.74, 6) is 0.990. The van der Waals surface area contributed by atoms with Gasteiger partial charge in [-0.05, 0) is 61.6 Å². The third kappa shape index (κ3) is 3.68. The van der Waals surface area contributed by atoms with Gasteiger partial charge in [-0.15, -0.1) is 10.2 Å². The zero-order valence-electron chi connectivity index (χ0n) is 20.7. The Balaban J connectivity index is 1.39. The van der Waals surface area contributed by atoms with Crippen LogP contribution in [0.5, 0.6) is 0 Å². The van der Waals surface area contributed by atoms with Gasteiger partial charge in [0.15, 0.2) is 5.82 Å². The summed E-state index contributed by atoms with van der Waals surface area (Å²) in [6.07, 6.45) is 3.60. The predicted molar refractivity (Wildman–Crippen MR) is 139 cm³/mol. The maximum absolute atomic E-state index is 10.7. The Hall–Kier alpha value is -3.93. The van der Waals surface area contributed by atoms with Crippen LogP contribution >= 0.6 is 0 Å². The molecule has 2 unspecified atom stereocenters. The monoisotopic (exact) mass is 479 g/mol. The maximum Gasteiger partial charge on any atom is 0.185 e. The largest absolute Gasteiger partial charge is 0.391 e. The average molecular weight is 480 g/mol. The van der Waals surface area contributed by atoms with Crippen molar-refractivity contribution in [3.63, 3.8) is 0 Å². The summed E-state index contributed by atoms with van der Waals surface area (Å²) in [6, 6.07) is 18.7. The molecule has 2 aliphatic rings. The van der Waals surface area contributed by atoms with Crippen LogP contribution in [0, 0.1) is 17.2 Å². The number of hydrogen-bond donors (Lipinski definition) is 1. The Bertz CT molecular complexity index is 1460. The van der Waals surface area contributed by atoms with Crippen molar-refractivity contribution in [2.75, 3.05) is 32.1 Å². The number of nitriles is 1. The number of aliphatic hydroxyl groups excluding tert-OH is 1. The first kappa shape index (κ1) is 22.5. The highest BCUT2D eigenvalue weighted by atomic mass is 16.3. The first-order valence-electron chi connectivity index (χ1n) is 12.3. The number of aliphatic hydroxyl groups is 1. The Morgan fingerprint density at radius 2 is 1.86 bits per heavy atom. The molecule has 8 heteroatoms. The van der Waals surface area contributed by atoms with Crippen LogP contribution in [-0.2, 0) is 6.54 Å². The van der Waals surface area contributed by atoms with Crippen molar-refractivity contribution in [3.8, 4) is 34.4 Å². The van der Waals surface area contributed by atoms with Gasteiger partial charge < -0.3 is 19.5 Å². The summed E-state index contributed by atoms with van der Waals surface area (Å²) in [5.41, 5.74) is 7.23. The van der Waals surface area contributed by atoms with Gasteiger partial charge in [-0.3, -0.25) is 4.57 Å². The molecule has 0 bridgehead atoms. The van der Waals surface area contributed by atoms with Crippen molar-refractivity contribution in [1.82, 2.24) is 24.2 Å². The number of piperidine rings is 1. The van der Waals surface area contributed by atoms with Gasteiger partial charge in [0.2, 0.25) is 0 Å². The lowest BCUT2D eigenvalue weighted by atomic mass is 9.91. The third-order valence-corrected chi connectivity index (χ3v) is 7.61. The van der Waals surface area contributed by atoms with E-state index in [1.54, 1.807) is 6.33 Å². The Morgan fingerprint density at radius 1 is 1.06 bits per heavy atom. The number of benzene rings is 2. The maximum atomic E-state index is 10.7. The SMILES string of the molecule is CC1CN(c2ccc3c(c2)Cn2cc(-c4ccc(C#N)cc4)cc2-c2nncn2-3)CC(N(C)C)[C@H]1O. The quantitative estimate of drug-likeness (QED) is 0.427. The highest BCUT2D eigenvalue weighted by Gasteiger charge is 2.35. The molecule has 0 amide bonds. The first-order chi connectivity index (χ1) is 17.4. The molecule has 2 aliphatic heterocycles. The number of hydrogen-bond acceptors (Lipinski definition) is 6. The van der Waals surface area contributed by atoms with E-state index in [0.29, 0.717) is 12.1 Å². The van der Waals surface area contributed by atoms with Crippen molar-refractivity contribution < 1.29 is 5.11 Å². The van der Waals surface area contributed by atoms with Crippen molar-refractivity contribution in [2.24, 2.45) is 5.92 Å². The molecule has 1 saturated heterocycles. The highest BCUT2D eigenvalue weighted by Crippen LogP contribution is 2.35.